The van der Waals surface area contributed by atoms with Gasteiger partial charge in [0.25, 0.3) is 0 Å². The summed E-state index contributed by atoms with van der Waals surface area (Å²) < 4.78 is 1.51. The molecule has 2 heterocycles. The summed E-state index contributed by atoms with van der Waals surface area (Å²) >= 11 is 0. The number of aliphatic hydroxyl groups excluding tert-OH is 1. The minimum absolute atomic E-state index is 0.0755. The van der Waals surface area contributed by atoms with E-state index in [0.29, 0.717) is 5.65 Å². The van der Waals surface area contributed by atoms with Crippen LogP contribution in [0.3, 0.4) is 0 Å². The number of nitrogens with one attached hydrogen (secondary N) is 1. The van der Waals surface area contributed by atoms with Crippen molar-refractivity contribution in [1.82, 2.24) is 9.38 Å². The van der Waals surface area contributed by atoms with E-state index in [2.05, 4.69) is 10.3 Å². The minimum atomic E-state index is -1.06. The van der Waals surface area contributed by atoms with Gasteiger partial charge in [-0.05, 0) is 18.1 Å². The number of hydrogen-bond donors (Lipinski definition) is 3. The van der Waals surface area contributed by atoms with Crippen LogP contribution in [-0.2, 0) is 0 Å². The van der Waals surface area contributed by atoms with Gasteiger partial charge in [-0.3, -0.25) is 4.40 Å². The topological polar surface area (TPSA) is 86.9 Å². The van der Waals surface area contributed by atoms with Crippen LogP contribution >= 0.6 is 0 Å². The van der Waals surface area contributed by atoms with E-state index >= 15 is 0 Å². The van der Waals surface area contributed by atoms with Crippen LogP contribution in [0, 0.1) is 5.92 Å². The van der Waals surface area contributed by atoms with Gasteiger partial charge in [-0.2, -0.15) is 0 Å². The van der Waals surface area contributed by atoms with Gasteiger partial charge in [0.1, 0.15) is 5.65 Å². The summed E-state index contributed by atoms with van der Waals surface area (Å²) in [5.41, 5.74) is 0.632. The third-order valence-corrected chi connectivity index (χ3v) is 2.98. The van der Waals surface area contributed by atoms with Crippen molar-refractivity contribution >= 4 is 17.4 Å². The fourth-order valence-corrected chi connectivity index (χ4v) is 1.76. The second-order valence-electron chi connectivity index (χ2n) is 4.74. The quantitative estimate of drug-likeness (QED) is 0.760. The van der Waals surface area contributed by atoms with Gasteiger partial charge in [-0.1, -0.05) is 19.9 Å². The van der Waals surface area contributed by atoms with E-state index in [4.69, 9.17) is 0 Å². The first kappa shape index (κ1) is 13.4. The van der Waals surface area contributed by atoms with E-state index in [0.717, 1.165) is 0 Å². The first-order valence-electron chi connectivity index (χ1n) is 6.13. The number of aromatic nitrogens is 2. The molecule has 1 atom stereocenters. The molecule has 0 radical (unpaired) electrons. The van der Waals surface area contributed by atoms with Crippen LogP contribution in [-0.4, -0.2) is 38.2 Å². The van der Waals surface area contributed by atoms with Crippen LogP contribution in [0.15, 0.2) is 24.4 Å². The molecule has 0 amide bonds. The monoisotopic (exact) mass is 263 g/mol. The normalized spacial score (nSPS) is 12.8. The molecule has 0 aliphatic carbocycles. The third-order valence-electron chi connectivity index (χ3n) is 2.98. The van der Waals surface area contributed by atoms with Gasteiger partial charge in [0, 0.05) is 12.7 Å². The summed E-state index contributed by atoms with van der Waals surface area (Å²) in [6.07, 6.45) is 1.10. The molecule has 19 heavy (non-hydrogen) atoms. The predicted octanol–water partition coefficient (Wildman–Crippen LogP) is 1.46. The second-order valence-corrected chi connectivity index (χ2v) is 4.74. The molecular formula is C13H17N3O3. The van der Waals surface area contributed by atoms with Crippen molar-refractivity contribution in [1.29, 1.82) is 0 Å². The lowest BCUT2D eigenvalue weighted by Gasteiger charge is -2.14. The standard InChI is InChI=1S/C13H17N3O3/c1-8(2)9(17)7-14-12-11(13(18)19)16-6-4-3-5-10(16)15-12/h3-6,8-9,14,17H,7H2,1-2H3,(H,18,19). The Bertz CT molecular complexity index is 592. The van der Waals surface area contributed by atoms with E-state index < -0.39 is 12.1 Å². The maximum atomic E-state index is 11.3. The summed E-state index contributed by atoms with van der Waals surface area (Å²) in [6, 6.07) is 5.27. The van der Waals surface area contributed by atoms with Gasteiger partial charge < -0.3 is 15.5 Å². The number of carboxylic acids is 1. The highest BCUT2D eigenvalue weighted by atomic mass is 16.4. The molecule has 0 fully saturated rings. The molecule has 0 aliphatic rings. The van der Waals surface area contributed by atoms with Crippen LogP contribution in [0.5, 0.6) is 0 Å². The Morgan fingerprint density at radius 2 is 2.21 bits per heavy atom. The molecular weight excluding hydrogens is 246 g/mol. The van der Waals surface area contributed by atoms with Crippen molar-refractivity contribution in [2.75, 3.05) is 11.9 Å². The maximum Gasteiger partial charge on any atom is 0.356 e. The van der Waals surface area contributed by atoms with Crippen LogP contribution in [0.25, 0.3) is 5.65 Å². The van der Waals surface area contributed by atoms with Crippen molar-refractivity contribution in [3.8, 4) is 0 Å². The highest BCUT2D eigenvalue weighted by Crippen LogP contribution is 2.18. The molecule has 6 heteroatoms. The molecule has 0 spiro atoms. The van der Waals surface area contributed by atoms with Crippen LogP contribution in [0.1, 0.15) is 24.3 Å². The molecule has 102 valence electrons. The zero-order chi connectivity index (χ0) is 14.0. The highest BCUT2D eigenvalue weighted by Gasteiger charge is 2.19. The number of hydrogen-bond acceptors (Lipinski definition) is 4. The number of anilines is 1. The van der Waals surface area contributed by atoms with Crippen LogP contribution < -0.4 is 5.32 Å². The average molecular weight is 263 g/mol. The van der Waals surface area contributed by atoms with Gasteiger partial charge in [0.05, 0.1) is 6.10 Å². The number of rotatable bonds is 5. The Hall–Kier alpha value is -2.08. The zero-order valence-corrected chi connectivity index (χ0v) is 10.9. The van der Waals surface area contributed by atoms with Gasteiger partial charge in [0.15, 0.2) is 11.5 Å². The molecule has 0 saturated heterocycles. The number of fused-ring (bicyclic) bond motifs is 1. The van der Waals surface area contributed by atoms with Crippen molar-refractivity contribution in [3.05, 3.63) is 30.1 Å². The summed E-state index contributed by atoms with van der Waals surface area (Å²) in [7, 11) is 0. The lowest BCUT2D eigenvalue weighted by Crippen LogP contribution is -2.25. The minimum Gasteiger partial charge on any atom is -0.476 e. The zero-order valence-electron chi connectivity index (χ0n) is 10.9. The number of carboxylic acid groups (broad SMARTS) is 1. The summed E-state index contributed by atoms with van der Waals surface area (Å²) in [5, 5.41) is 21.9. The smallest absolute Gasteiger partial charge is 0.356 e. The fourth-order valence-electron chi connectivity index (χ4n) is 1.76. The summed E-state index contributed by atoms with van der Waals surface area (Å²) in [6.45, 7) is 4.06. The lowest BCUT2D eigenvalue weighted by atomic mass is 10.1. The molecule has 1 unspecified atom stereocenters. The van der Waals surface area contributed by atoms with Crippen molar-refractivity contribution in [2.45, 2.75) is 20.0 Å². The molecule has 2 rings (SSSR count). The average Bonchev–Trinajstić information content (AvgIpc) is 2.73. The third kappa shape index (κ3) is 2.68. The number of nitrogens with zero attached hydrogens (tertiary/aromatic N) is 2. The van der Waals surface area contributed by atoms with E-state index in [1.165, 1.54) is 4.40 Å². The number of aromatic carboxylic acids is 1. The van der Waals surface area contributed by atoms with E-state index in [1.54, 1.807) is 24.4 Å². The van der Waals surface area contributed by atoms with Crippen LogP contribution in [0.4, 0.5) is 5.82 Å². The predicted molar refractivity (Wildman–Crippen MR) is 71.5 cm³/mol. The van der Waals surface area contributed by atoms with Gasteiger partial charge in [-0.25, -0.2) is 9.78 Å². The molecule has 2 aromatic rings. The second kappa shape index (κ2) is 5.27. The van der Waals surface area contributed by atoms with Gasteiger partial charge >= 0.3 is 5.97 Å². The number of aliphatic hydroxyl groups is 1. The molecule has 0 aliphatic heterocycles. The number of carbonyl (C=O) groups is 1. The molecule has 3 N–H and O–H groups in total. The highest BCUT2D eigenvalue weighted by molar-refractivity contribution is 5.92. The number of imidazole rings is 1. The maximum absolute atomic E-state index is 11.3. The molecule has 0 saturated carbocycles. The SMILES string of the molecule is CC(C)C(O)CNc1nc2ccccn2c1C(=O)O. The molecule has 6 nitrogen and oxygen atoms in total. The Morgan fingerprint density at radius 1 is 1.47 bits per heavy atom. The Balaban J connectivity index is 2.32. The van der Waals surface area contributed by atoms with E-state index in [-0.39, 0.29) is 24.0 Å². The first-order chi connectivity index (χ1) is 9.00. The van der Waals surface area contributed by atoms with Crippen molar-refractivity contribution < 1.29 is 15.0 Å². The molecule has 0 aromatic carbocycles. The number of pyridine rings is 1. The Kier molecular flexibility index (Phi) is 3.71. The Morgan fingerprint density at radius 3 is 2.84 bits per heavy atom. The fraction of sp³-hybridized carbons (Fsp3) is 0.385. The van der Waals surface area contributed by atoms with Crippen molar-refractivity contribution in [3.63, 3.8) is 0 Å². The summed E-state index contributed by atoms with van der Waals surface area (Å²) in [4.78, 5) is 15.5. The van der Waals surface area contributed by atoms with Crippen molar-refractivity contribution in [2.24, 2.45) is 5.92 Å². The molecule has 2 aromatic heterocycles. The first-order valence-corrected chi connectivity index (χ1v) is 6.13. The summed E-state index contributed by atoms with van der Waals surface area (Å²) in [5.74, 6) is -0.684. The largest absolute Gasteiger partial charge is 0.476 e. The van der Waals surface area contributed by atoms with Gasteiger partial charge in [0.2, 0.25) is 0 Å². The van der Waals surface area contributed by atoms with E-state index in [1.807, 2.05) is 13.8 Å². The van der Waals surface area contributed by atoms with Gasteiger partial charge in [-0.15, -0.1) is 0 Å². The molecule has 0 bridgehead atoms. The van der Waals surface area contributed by atoms with E-state index in [9.17, 15) is 15.0 Å². The Labute approximate surface area is 110 Å². The lowest BCUT2D eigenvalue weighted by molar-refractivity contribution is 0.0690. The van der Waals surface area contributed by atoms with Crippen LogP contribution in [0.2, 0.25) is 0 Å².